The molecule has 24 heavy (non-hydrogen) atoms. The van der Waals surface area contributed by atoms with Crippen LogP contribution in [0.4, 0.5) is 4.39 Å². The number of hydrogen-bond donors (Lipinski definition) is 3. The Morgan fingerprint density at radius 2 is 1.71 bits per heavy atom. The Labute approximate surface area is 139 Å². The fourth-order valence-corrected chi connectivity index (χ4v) is 2.14. The average Bonchev–Trinajstić information content (AvgIpc) is 2.60. The molecule has 2 rings (SSSR count). The normalized spacial score (nSPS) is 10.2. The van der Waals surface area contributed by atoms with Gasteiger partial charge in [0.25, 0.3) is 0 Å². The second-order valence-corrected chi connectivity index (χ2v) is 5.30. The van der Waals surface area contributed by atoms with Crippen LogP contribution < -0.4 is 10.6 Å². The first-order valence-corrected chi connectivity index (χ1v) is 7.54. The Balaban J connectivity index is 1.74. The molecule has 0 saturated heterocycles. The molecule has 126 valence electrons. The quantitative estimate of drug-likeness (QED) is 0.716. The number of carbonyl (C=O) groups excluding carboxylic acids is 2. The number of halogens is 1. The molecule has 0 aromatic heterocycles. The Morgan fingerprint density at radius 3 is 2.42 bits per heavy atom. The van der Waals surface area contributed by atoms with Gasteiger partial charge in [0, 0.05) is 12.1 Å². The molecule has 0 spiro atoms. The highest BCUT2D eigenvalue weighted by atomic mass is 19.1. The van der Waals surface area contributed by atoms with Gasteiger partial charge in [-0.25, -0.2) is 4.39 Å². The lowest BCUT2D eigenvalue weighted by atomic mass is 10.1. The maximum atomic E-state index is 13.3. The lowest BCUT2D eigenvalue weighted by Crippen LogP contribution is -2.37. The van der Waals surface area contributed by atoms with Gasteiger partial charge in [0.2, 0.25) is 11.8 Å². The summed E-state index contributed by atoms with van der Waals surface area (Å²) in [6.07, 6.45) is 0.214. The van der Waals surface area contributed by atoms with Gasteiger partial charge in [0.1, 0.15) is 5.82 Å². The van der Waals surface area contributed by atoms with E-state index >= 15 is 0 Å². The van der Waals surface area contributed by atoms with E-state index in [9.17, 15) is 14.0 Å². The Bertz CT molecular complexity index is 705. The van der Waals surface area contributed by atoms with Crippen LogP contribution in [0.15, 0.2) is 48.5 Å². The van der Waals surface area contributed by atoms with Gasteiger partial charge in [-0.05, 0) is 23.3 Å². The van der Waals surface area contributed by atoms with E-state index in [4.69, 9.17) is 5.11 Å². The van der Waals surface area contributed by atoms with Crippen LogP contribution >= 0.6 is 0 Å². The number of aliphatic hydroxyl groups is 1. The van der Waals surface area contributed by atoms with Gasteiger partial charge in [-0.1, -0.05) is 36.4 Å². The highest BCUT2D eigenvalue weighted by Crippen LogP contribution is 2.10. The first-order valence-electron chi connectivity index (χ1n) is 7.54. The molecule has 0 unspecified atom stereocenters. The van der Waals surface area contributed by atoms with Crippen molar-refractivity contribution >= 4 is 11.8 Å². The molecule has 2 amide bonds. The molecule has 0 bridgehead atoms. The molecule has 3 N–H and O–H groups in total. The van der Waals surface area contributed by atoms with Crippen molar-refractivity contribution in [2.75, 3.05) is 6.54 Å². The van der Waals surface area contributed by atoms with E-state index in [0.717, 1.165) is 5.56 Å². The third kappa shape index (κ3) is 5.48. The number of aliphatic hydroxyl groups excluding tert-OH is 1. The number of nitrogens with one attached hydrogen (secondary N) is 2. The summed E-state index contributed by atoms with van der Waals surface area (Å²) >= 11 is 0. The summed E-state index contributed by atoms with van der Waals surface area (Å²) in [5.41, 5.74) is 1.72. The zero-order chi connectivity index (χ0) is 17.4. The van der Waals surface area contributed by atoms with Crippen molar-refractivity contribution in [3.63, 3.8) is 0 Å². The largest absolute Gasteiger partial charge is 0.392 e. The van der Waals surface area contributed by atoms with Crippen molar-refractivity contribution in [1.29, 1.82) is 0 Å². The molecule has 0 atom stereocenters. The molecule has 2 aromatic rings. The van der Waals surface area contributed by atoms with Crippen LogP contribution in [0.5, 0.6) is 0 Å². The van der Waals surface area contributed by atoms with Crippen LogP contribution in [-0.2, 0) is 29.2 Å². The summed E-state index contributed by atoms with van der Waals surface area (Å²) in [5.74, 6) is -1.06. The van der Waals surface area contributed by atoms with Gasteiger partial charge in [-0.2, -0.15) is 0 Å². The monoisotopic (exact) mass is 330 g/mol. The van der Waals surface area contributed by atoms with Gasteiger partial charge in [0.15, 0.2) is 0 Å². The maximum Gasteiger partial charge on any atom is 0.239 e. The molecule has 0 aliphatic carbocycles. The molecule has 6 heteroatoms. The summed E-state index contributed by atoms with van der Waals surface area (Å²) in [6, 6.07) is 13.5. The second-order valence-electron chi connectivity index (χ2n) is 5.30. The number of hydrogen-bond acceptors (Lipinski definition) is 3. The van der Waals surface area contributed by atoms with Crippen LogP contribution in [-0.4, -0.2) is 23.5 Å². The van der Waals surface area contributed by atoms with E-state index < -0.39 is 12.4 Å². The number of amides is 2. The Hall–Kier alpha value is -2.73. The van der Waals surface area contributed by atoms with Gasteiger partial charge >= 0.3 is 0 Å². The fraction of sp³-hybridized carbons (Fsp3) is 0.222. The predicted molar refractivity (Wildman–Crippen MR) is 87.3 cm³/mol. The van der Waals surface area contributed by atoms with E-state index in [1.807, 2.05) is 30.3 Å². The van der Waals surface area contributed by atoms with Crippen LogP contribution in [0, 0.1) is 5.82 Å². The van der Waals surface area contributed by atoms with E-state index in [0.29, 0.717) is 5.56 Å². The summed E-state index contributed by atoms with van der Waals surface area (Å²) in [5, 5.41) is 14.2. The zero-order valence-corrected chi connectivity index (χ0v) is 13.1. The van der Waals surface area contributed by atoms with E-state index in [-0.39, 0.29) is 36.9 Å². The van der Waals surface area contributed by atoms with Crippen LogP contribution in [0.25, 0.3) is 0 Å². The topological polar surface area (TPSA) is 78.4 Å². The maximum absolute atomic E-state index is 13.3. The minimum Gasteiger partial charge on any atom is -0.392 e. The van der Waals surface area contributed by atoms with Crippen molar-refractivity contribution in [1.82, 2.24) is 10.6 Å². The first-order chi connectivity index (χ1) is 11.6. The van der Waals surface area contributed by atoms with E-state index in [1.165, 1.54) is 18.2 Å². The van der Waals surface area contributed by atoms with Gasteiger partial charge < -0.3 is 15.7 Å². The average molecular weight is 330 g/mol. The van der Waals surface area contributed by atoms with Gasteiger partial charge in [-0.3, -0.25) is 9.59 Å². The SMILES string of the molecule is O=C(CNC(=O)Cc1ccccc1)NCc1ccc(F)c(CO)c1. The summed E-state index contributed by atoms with van der Waals surface area (Å²) in [6.45, 7) is -0.330. The molecule has 0 fully saturated rings. The van der Waals surface area contributed by atoms with E-state index in [1.54, 1.807) is 0 Å². The zero-order valence-electron chi connectivity index (χ0n) is 13.1. The predicted octanol–water partition coefficient (Wildman–Crippen LogP) is 1.29. The van der Waals surface area contributed by atoms with Crippen molar-refractivity contribution in [3.8, 4) is 0 Å². The highest BCUT2D eigenvalue weighted by molar-refractivity contribution is 5.85. The minimum absolute atomic E-state index is 0.125. The Morgan fingerprint density at radius 1 is 0.958 bits per heavy atom. The highest BCUT2D eigenvalue weighted by Gasteiger charge is 2.07. The number of benzene rings is 2. The van der Waals surface area contributed by atoms with Crippen LogP contribution in [0.1, 0.15) is 16.7 Å². The number of carbonyl (C=O) groups is 2. The van der Waals surface area contributed by atoms with Crippen molar-refractivity contribution in [2.45, 2.75) is 19.6 Å². The lowest BCUT2D eigenvalue weighted by Gasteiger charge is -2.08. The molecular formula is C18H19FN2O3. The lowest BCUT2D eigenvalue weighted by molar-refractivity contribution is -0.125. The molecule has 0 aliphatic rings. The van der Waals surface area contributed by atoms with Crippen LogP contribution in [0.3, 0.4) is 0 Å². The van der Waals surface area contributed by atoms with Gasteiger partial charge in [0.05, 0.1) is 19.6 Å². The van der Waals surface area contributed by atoms with Gasteiger partial charge in [-0.15, -0.1) is 0 Å². The molecule has 5 nitrogen and oxygen atoms in total. The van der Waals surface area contributed by atoms with Crippen molar-refractivity contribution in [3.05, 3.63) is 71.0 Å². The Kier molecular flexibility index (Phi) is 6.45. The molecular weight excluding hydrogens is 311 g/mol. The molecule has 0 radical (unpaired) electrons. The third-order valence-corrected chi connectivity index (χ3v) is 3.42. The summed E-state index contributed by atoms with van der Waals surface area (Å²) in [7, 11) is 0. The van der Waals surface area contributed by atoms with Crippen molar-refractivity contribution < 1.29 is 19.1 Å². The number of rotatable bonds is 7. The molecule has 0 heterocycles. The van der Waals surface area contributed by atoms with E-state index in [2.05, 4.69) is 10.6 Å². The summed E-state index contributed by atoms with van der Waals surface area (Å²) < 4.78 is 13.3. The third-order valence-electron chi connectivity index (χ3n) is 3.42. The fourth-order valence-electron chi connectivity index (χ4n) is 2.14. The minimum atomic E-state index is -0.485. The molecule has 0 aliphatic heterocycles. The van der Waals surface area contributed by atoms with Crippen molar-refractivity contribution in [2.24, 2.45) is 0 Å². The summed E-state index contributed by atoms with van der Waals surface area (Å²) in [4.78, 5) is 23.5. The first kappa shape index (κ1) is 17.6. The van der Waals surface area contributed by atoms with Crippen LogP contribution in [0.2, 0.25) is 0 Å². The molecule has 2 aromatic carbocycles. The smallest absolute Gasteiger partial charge is 0.239 e. The standard InChI is InChI=1S/C18H19FN2O3/c19-16-7-6-14(8-15(16)12-22)10-20-18(24)11-21-17(23)9-13-4-2-1-3-5-13/h1-8,22H,9-12H2,(H,20,24)(H,21,23). The molecule has 0 saturated carbocycles. The second kappa shape index (κ2) is 8.79.